The molecule has 7 heteroatoms. The minimum atomic E-state index is -3.58. The Kier molecular flexibility index (Phi) is 7.53. The van der Waals surface area contributed by atoms with Crippen LogP contribution in [0.2, 0.25) is 0 Å². The van der Waals surface area contributed by atoms with E-state index in [2.05, 4.69) is 27.6 Å². The van der Waals surface area contributed by atoms with Gasteiger partial charge in [-0.05, 0) is 58.5 Å². The minimum absolute atomic E-state index is 0.122. The molecule has 0 radical (unpaired) electrons. The lowest BCUT2D eigenvalue weighted by atomic mass is 10.2. The van der Waals surface area contributed by atoms with Gasteiger partial charge in [0.25, 0.3) is 0 Å². The van der Waals surface area contributed by atoms with Crippen molar-refractivity contribution in [3.8, 4) is 0 Å². The molecule has 1 atom stereocenters. The number of rotatable bonds is 8. The maximum atomic E-state index is 12.3. The number of halogens is 1. The van der Waals surface area contributed by atoms with Crippen molar-refractivity contribution in [2.24, 2.45) is 0 Å². The fraction of sp³-hybridized carbons (Fsp3) is 0.538. The predicted molar refractivity (Wildman–Crippen MR) is 87.5 cm³/mol. The molecular formula is C13H20BrNO3S2. The number of hydrogen-bond acceptors (Lipinski definition) is 4. The van der Waals surface area contributed by atoms with Crippen molar-refractivity contribution in [2.75, 3.05) is 11.5 Å². The molecule has 0 spiro atoms. The van der Waals surface area contributed by atoms with E-state index in [0.29, 0.717) is 10.0 Å². The Balaban J connectivity index is 2.83. The van der Waals surface area contributed by atoms with Crippen LogP contribution in [0.4, 0.5) is 0 Å². The maximum Gasteiger partial charge on any atom is 0.241 e. The Morgan fingerprint density at radius 1 is 1.45 bits per heavy atom. The lowest BCUT2D eigenvalue weighted by Crippen LogP contribution is -2.33. The number of hydrogen-bond donors (Lipinski definition) is 2. The zero-order valence-electron chi connectivity index (χ0n) is 11.6. The van der Waals surface area contributed by atoms with Crippen molar-refractivity contribution in [1.29, 1.82) is 0 Å². The van der Waals surface area contributed by atoms with E-state index in [1.165, 1.54) is 6.07 Å². The Labute approximate surface area is 133 Å². The van der Waals surface area contributed by atoms with Gasteiger partial charge in [0, 0.05) is 10.5 Å². The smallest absolute Gasteiger partial charge is 0.241 e. The maximum absolute atomic E-state index is 12.3. The number of aliphatic hydroxyl groups excluding tert-OH is 1. The number of aliphatic hydroxyl groups is 1. The van der Waals surface area contributed by atoms with Gasteiger partial charge in [0.2, 0.25) is 10.0 Å². The number of sulfonamides is 1. The van der Waals surface area contributed by atoms with Gasteiger partial charge in [-0.15, -0.1) is 0 Å². The standard InChI is InChI=1S/C13H20BrNO3S2/c1-3-19-7-6-10(2)15-20(17,18)13-8-11(9-16)4-5-12(13)14/h4-5,8,10,15-16H,3,6-7,9H2,1-2H3. The van der Waals surface area contributed by atoms with Crippen molar-refractivity contribution in [3.05, 3.63) is 28.2 Å². The second kappa shape index (κ2) is 8.38. The molecule has 4 nitrogen and oxygen atoms in total. The number of benzene rings is 1. The van der Waals surface area contributed by atoms with Crippen LogP contribution < -0.4 is 4.72 Å². The van der Waals surface area contributed by atoms with Crippen molar-refractivity contribution >= 4 is 37.7 Å². The Morgan fingerprint density at radius 2 is 2.15 bits per heavy atom. The Morgan fingerprint density at radius 3 is 2.75 bits per heavy atom. The summed E-state index contributed by atoms with van der Waals surface area (Å²) in [5.41, 5.74) is 0.572. The average Bonchev–Trinajstić information content (AvgIpc) is 2.38. The van der Waals surface area contributed by atoms with Crippen LogP contribution in [0.25, 0.3) is 0 Å². The van der Waals surface area contributed by atoms with Gasteiger partial charge in [-0.2, -0.15) is 11.8 Å². The minimum Gasteiger partial charge on any atom is -0.392 e. The van der Waals surface area contributed by atoms with E-state index in [0.717, 1.165) is 17.9 Å². The predicted octanol–water partition coefficient (Wildman–Crippen LogP) is 2.75. The zero-order valence-corrected chi connectivity index (χ0v) is 14.8. The molecule has 0 amide bonds. The normalized spacial score (nSPS) is 13.4. The lowest BCUT2D eigenvalue weighted by Gasteiger charge is -2.15. The van der Waals surface area contributed by atoms with Gasteiger partial charge in [0.05, 0.1) is 11.5 Å². The SMILES string of the molecule is CCSCCC(C)NS(=O)(=O)c1cc(CO)ccc1Br. The largest absolute Gasteiger partial charge is 0.392 e. The summed E-state index contributed by atoms with van der Waals surface area (Å²) in [7, 11) is -3.58. The van der Waals surface area contributed by atoms with Gasteiger partial charge in [-0.3, -0.25) is 0 Å². The van der Waals surface area contributed by atoms with Crippen LogP contribution in [0.5, 0.6) is 0 Å². The molecule has 1 aromatic rings. The Bertz CT molecular complexity index is 534. The van der Waals surface area contributed by atoms with E-state index in [9.17, 15) is 8.42 Å². The first-order chi connectivity index (χ1) is 9.40. The second-order valence-corrected chi connectivity index (χ2v) is 8.36. The molecule has 114 valence electrons. The van der Waals surface area contributed by atoms with Crippen molar-refractivity contribution in [3.63, 3.8) is 0 Å². The van der Waals surface area contributed by atoms with Crippen LogP contribution in [0, 0.1) is 0 Å². The van der Waals surface area contributed by atoms with Crippen LogP contribution in [0.1, 0.15) is 25.8 Å². The fourth-order valence-corrected chi connectivity index (χ4v) is 4.74. The highest BCUT2D eigenvalue weighted by molar-refractivity contribution is 9.10. The molecule has 0 heterocycles. The number of thioether (sulfide) groups is 1. The first kappa shape index (κ1) is 18.0. The van der Waals surface area contributed by atoms with Crippen LogP contribution >= 0.6 is 27.7 Å². The molecule has 0 bridgehead atoms. The van der Waals surface area contributed by atoms with Crippen LogP contribution in [0.15, 0.2) is 27.6 Å². The topological polar surface area (TPSA) is 66.4 Å². The van der Waals surface area contributed by atoms with Gasteiger partial charge in [0.15, 0.2) is 0 Å². The second-order valence-electron chi connectivity index (χ2n) is 4.43. The van der Waals surface area contributed by atoms with Gasteiger partial charge >= 0.3 is 0 Å². The first-order valence-electron chi connectivity index (χ1n) is 6.40. The average molecular weight is 382 g/mol. The molecule has 1 aromatic carbocycles. The van der Waals surface area contributed by atoms with E-state index >= 15 is 0 Å². The molecular weight excluding hydrogens is 362 g/mol. The monoisotopic (exact) mass is 381 g/mol. The van der Waals surface area contributed by atoms with Crippen LogP contribution in [-0.2, 0) is 16.6 Å². The molecule has 0 saturated carbocycles. The highest BCUT2D eigenvalue weighted by Gasteiger charge is 2.20. The number of nitrogens with one attached hydrogen (secondary N) is 1. The van der Waals surface area contributed by atoms with Crippen LogP contribution in [0.3, 0.4) is 0 Å². The summed E-state index contributed by atoms with van der Waals surface area (Å²) in [6.07, 6.45) is 0.787. The summed E-state index contributed by atoms with van der Waals surface area (Å²) in [5.74, 6) is 1.96. The molecule has 1 rings (SSSR count). The highest BCUT2D eigenvalue weighted by atomic mass is 79.9. The van der Waals surface area contributed by atoms with Crippen molar-refractivity contribution in [1.82, 2.24) is 4.72 Å². The summed E-state index contributed by atoms with van der Waals surface area (Å²) < 4.78 is 27.8. The fourth-order valence-electron chi connectivity index (χ4n) is 1.64. The molecule has 0 aliphatic heterocycles. The van der Waals surface area contributed by atoms with E-state index in [1.54, 1.807) is 23.9 Å². The summed E-state index contributed by atoms with van der Waals surface area (Å²) in [6, 6.07) is 4.69. The van der Waals surface area contributed by atoms with E-state index in [4.69, 9.17) is 5.11 Å². The molecule has 1 unspecified atom stereocenters. The molecule has 0 saturated heterocycles. The lowest BCUT2D eigenvalue weighted by molar-refractivity contribution is 0.281. The van der Waals surface area contributed by atoms with Gasteiger partial charge in [-0.25, -0.2) is 13.1 Å². The van der Waals surface area contributed by atoms with E-state index in [1.807, 2.05) is 6.92 Å². The summed E-state index contributed by atoms with van der Waals surface area (Å²) in [5, 5.41) is 9.11. The van der Waals surface area contributed by atoms with Gasteiger partial charge in [-0.1, -0.05) is 13.0 Å². The summed E-state index contributed by atoms with van der Waals surface area (Å²) in [4.78, 5) is 0.166. The molecule has 0 fully saturated rings. The third kappa shape index (κ3) is 5.37. The molecule has 20 heavy (non-hydrogen) atoms. The van der Waals surface area contributed by atoms with Crippen molar-refractivity contribution in [2.45, 2.75) is 37.8 Å². The van der Waals surface area contributed by atoms with Gasteiger partial charge < -0.3 is 5.11 Å². The zero-order chi connectivity index (χ0) is 15.2. The van der Waals surface area contributed by atoms with Crippen LogP contribution in [-0.4, -0.2) is 31.1 Å². The summed E-state index contributed by atoms with van der Waals surface area (Å²) in [6.45, 7) is 3.76. The Hall–Kier alpha value is -0.0800. The highest BCUT2D eigenvalue weighted by Crippen LogP contribution is 2.23. The quantitative estimate of drug-likeness (QED) is 0.679. The molecule has 0 aliphatic rings. The molecule has 2 N–H and O–H groups in total. The first-order valence-corrected chi connectivity index (χ1v) is 9.83. The third-order valence-corrected chi connectivity index (χ3v) is 6.24. The summed E-state index contributed by atoms with van der Waals surface area (Å²) >= 11 is 5.03. The van der Waals surface area contributed by atoms with E-state index in [-0.39, 0.29) is 17.5 Å². The van der Waals surface area contributed by atoms with Gasteiger partial charge in [0.1, 0.15) is 0 Å². The third-order valence-electron chi connectivity index (χ3n) is 2.72. The van der Waals surface area contributed by atoms with E-state index < -0.39 is 10.0 Å². The van der Waals surface area contributed by atoms with Crippen molar-refractivity contribution < 1.29 is 13.5 Å². The molecule has 0 aliphatic carbocycles. The molecule has 0 aromatic heterocycles.